The Morgan fingerprint density at radius 2 is 2.23 bits per heavy atom. The first kappa shape index (κ1) is 17.4. The molecule has 7 nitrogen and oxygen atoms in total. The van der Waals surface area contributed by atoms with Crippen molar-refractivity contribution in [1.29, 1.82) is 0 Å². The molecule has 1 atom stereocenters. The van der Waals surface area contributed by atoms with Crippen LogP contribution in [-0.4, -0.2) is 25.3 Å². The van der Waals surface area contributed by atoms with E-state index in [-0.39, 0.29) is 11.3 Å². The highest BCUT2D eigenvalue weighted by Crippen LogP contribution is 2.35. The van der Waals surface area contributed by atoms with Crippen molar-refractivity contribution in [3.05, 3.63) is 43.0 Å². The average molecular weight is 436 g/mol. The predicted molar refractivity (Wildman–Crippen MR) is 104 cm³/mol. The first-order valence-corrected chi connectivity index (χ1v) is 10.0. The van der Waals surface area contributed by atoms with E-state index >= 15 is 0 Å². The molecule has 1 unspecified atom stereocenters. The van der Waals surface area contributed by atoms with Gasteiger partial charge in [0.1, 0.15) is 10.7 Å². The summed E-state index contributed by atoms with van der Waals surface area (Å²) in [6, 6.07) is 0. The van der Waals surface area contributed by atoms with Crippen LogP contribution in [0.3, 0.4) is 0 Å². The molecule has 0 saturated heterocycles. The van der Waals surface area contributed by atoms with Crippen LogP contribution >= 0.6 is 27.3 Å². The fourth-order valence-electron chi connectivity index (χ4n) is 3.39. The van der Waals surface area contributed by atoms with E-state index < -0.39 is 5.91 Å². The van der Waals surface area contributed by atoms with Gasteiger partial charge in [-0.3, -0.25) is 19.7 Å². The lowest BCUT2D eigenvalue weighted by Crippen LogP contribution is -2.36. The van der Waals surface area contributed by atoms with Gasteiger partial charge >= 0.3 is 0 Å². The Kier molecular flexibility index (Phi) is 4.23. The van der Waals surface area contributed by atoms with Crippen molar-refractivity contribution in [1.82, 2.24) is 19.4 Å². The maximum Gasteiger partial charge on any atom is 0.291 e. The zero-order valence-corrected chi connectivity index (χ0v) is 17.1. The second-order valence-electron chi connectivity index (χ2n) is 6.77. The lowest BCUT2D eigenvalue weighted by molar-refractivity contribution is 0.1000. The third-order valence-corrected chi connectivity index (χ3v) is 6.44. The van der Waals surface area contributed by atoms with E-state index in [1.807, 2.05) is 0 Å². The Hall–Kier alpha value is -2.00. The number of hydrogen-bond acceptors (Lipinski definition) is 5. The average Bonchev–Trinajstić information content (AvgIpc) is 3.09. The summed E-state index contributed by atoms with van der Waals surface area (Å²) in [6.07, 6.45) is 4.63. The van der Waals surface area contributed by atoms with Gasteiger partial charge in [0.15, 0.2) is 5.69 Å². The van der Waals surface area contributed by atoms with Crippen molar-refractivity contribution < 1.29 is 4.79 Å². The normalized spacial score (nSPS) is 16.7. The third kappa shape index (κ3) is 2.79. The molecule has 3 aromatic rings. The zero-order chi connectivity index (χ0) is 18.6. The topological polar surface area (TPSA) is 81.8 Å². The number of fused-ring (bicyclic) bond motifs is 3. The van der Waals surface area contributed by atoms with Gasteiger partial charge in [-0.25, -0.2) is 9.66 Å². The summed E-state index contributed by atoms with van der Waals surface area (Å²) < 4.78 is 3.34. The number of aryl methyl sites for hydroxylation is 3. The van der Waals surface area contributed by atoms with Crippen LogP contribution in [0.25, 0.3) is 10.2 Å². The lowest BCUT2D eigenvalue weighted by Gasteiger charge is -2.17. The molecule has 0 bridgehead atoms. The monoisotopic (exact) mass is 435 g/mol. The quantitative estimate of drug-likeness (QED) is 0.670. The summed E-state index contributed by atoms with van der Waals surface area (Å²) >= 11 is 4.91. The van der Waals surface area contributed by atoms with Gasteiger partial charge < -0.3 is 0 Å². The molecule has 26 heavy (non-hydrogen) atoms. The molecule has 1 aliphatic rings. The van der Waals surface area contributed by atoms with Gasteiger partial charge in [0.25, 0.3) is 11.5 Å². The number of amides is 1. The van der Waals surface area contributed by atoms with E-state index in [1.54, 1.807) is 31.5 Å². The fourth-order valence-corrected chi connectivity index (χ4v) is 5.37. The molecule has 1 aliphatic carbocycles. The molecular weight excluding hydrogens is 418 g/mol. The van der Waals surface area contributed by atoms with Crippen molar-refractivity contribution in [2.24, 2.45) is 13.0 Å². The van der Waals surface area contributed by atoms with Crippen LogP contribution in [0.2, 0.25) is 0 Å². The molecule has 0 aromatic carbocycles. The van der Waals surface area contributed by atoms with Crippen LogP contribution in [0.5, 0.6) is 0 Å². The minimum atomic E-state index is -0.457. The van der Waals surface area contributed by atoms with Gasteiger partial charge in [-0.05, 0) is 53.6 Å². The van der Waals surface area contributed by atoms with E-state index in [2.05, 4.69) is 38.4 Å². The first-order chi connectivity index (χ1) is 12.3. The lowest BCUT2D eigenvalue weighted by atomic mass is 9.89. The summed E-state index contributed by atoms with van der Waals surface area (Å²) in [7, 11) is 1.73. The van der Waals surface area contributed by atoms with Gasteiger partial charge in [-0.1, -0.05) is 6.92 Å². The maximum atomic E-state index is 13.1. The van der Waals surface area contributed by atoms with Gasteiger partial charge in [0, 0.05) is 18.1 Å². The van der Waals surface area contributed by atoms with E-state index in [0.29, 0.717) is 21.6 Å². The first-order valence-electron chi connectivity index (χ1n) is 8.39. The van der Waals surface area contributed by atoms with Gasteiger partial charge in [0.2, 0.25) is 0 Å². The zero-order valence-electron chi connectivity index (χ0n) is 14.7. The second kappa shape index (κ2) is 6.31. The molecule has 0 spiro atoms. The number of halogens is 1. The van der Waals surface area contributed by atoms with Crippen molar-refractivity contribution in [2.75, 3.05) is 5.43 Å². The van der Waals surface area contributed by atoms with Crippen LogP contribution < -0.4 is 11.0 Å². The molecule has 3 heterocycles. The highest BCUT2D eigenvalue weighted by molar-refractivity contribution is 9.10. The Morgan fingerprint density at radius 3 is 2.92 bits per heavy atom. The fraction of sp³-hybridized carbons (Fsp3) is 0.412. The third-order valence-electron chi connectivity index (χ3n) is 4.71. The summed E-state index contributed by atoms with van der Waals surface area (Å²) in [6.45, 7) is 3.95. The van der Waals surface area contributed by atoms with Gasteiger partial charge in [-0.15, -0.1) is 11.3 Å². The predicted octanol–water partition coefficient (Wildman–Crippen LogP) is 2.77. The molecule has 0 radical (unpaired) electrons. The van der Waals surface area contributed by atoms with Crippen molar-refractivity contribution in [2.45, 2.75) is 33.1 Å². The highest BCUT2D eigenvalue weighted by atomic mass is 79.9. The van der Waals surface area contributed by atoms with Crippen LogP contribution in [0.4, 0.5) is 0 Å². The number of carbonyl (C=O) groups excluding carboxylic acids is 1. The molecular formula is C17H18BrN5O2S. The van der Waals surface area contributed by atoms with Crippen molar-refractivity contribution >= 4 is 43.4 Å². The Balaban J connectivity index is 1.79. The molecule has 3 aromatic heterocycles. The maximum absolute atomic E-state index is 13.1. The summed E-state index contributed by atoms with van der Waals surface area (Å²) in [5.74, 6) is 0.621. The number of hydrogen-bond donors (Lipinski definition) is 1. The molecule has 0 saturated carbocycles. The van der Waals surface area contributed by atoms with E-state index in [9.17, 15) is 9.59 Å². The van der Waals surface area contributed by atoms with Gasteiger partial charge in [-0.2, -0.15) is 5.10 Å². The molecule has 0 fully saturated rings. The largest absolute Gasteiger partial charge is 0.291 e. The standard InChI is InChI=1S/C17H18BrN5O2S/c1-8-4-5-10-12(6-8)26-16-13(10)17(25)23(9(2)19-16)21-15(24)14-11(18)7-22(3)20-14/h7-8H,4-6H2,1-3H3,(H,21,24). The van der Waals surface area contributed by atoms with Crippen LogP contribution in [0, 0.1) is 12.8 Å². The van der Waals surface area contributed by atoms with Crippen molar-refractivity contribution in [3.63, 3.8) is 0 Å². The number of carbonyl (C=O) groups is 1. The van der Waals surface area contributed by atoms with Crippen molar-refractivity contribution in [3.8, 4) is 0 Å². The van der Waals surface area contributed by atoms with Gasteiger partial charge in [0.05, 0.1) is 9.86 Å². The Bertz CT molecular complexity index is 1100. The Labute approximate surface area is 162 Å². The molecule has 4 rings (SSSR count). The molecule has 1 N–H and O–H groups in total. The smallest absolute Gasteiger partial charge is 0.274 e. The summed E-state index contributed by atoms with van der Waals surface area (Å²) in [5, 5.41) is 4.76. The van der Waals surface area contributed by atoms with Crippen LogP contribution in [0.1, 0.15) is 40.1 Å². The molecule has 1 amide bonds. The SMILES string of the molecule is Cc1nc2sc3c(c2c(=O)n1NC(=O)c1nn(C)cc1Br)CCC(C)C3. The number of nitrogens with one attached hydrogen (secondary N) is 1. The summed E-state index contributed by atoms with van der Waals surface area (Å²) in [5.41, 5.74) is 3.75. The number of aromatic nitrogens is 4. The number of thiophene rings is 1. The second-order valence-corrected chi connectivity index (χ2v) is 8.71. The molecule has 9 heteroatoms. The minimum Gasteiger partial charge on any atom is -0.274 e. The highest BCUT2D eigenvalue weighted by Gasteiger charge is 2.25. The van der Waals surface area contributed by atoms with Crippen LogP contribution in [0.15, 0.2) is 15.5 Å². The molecule has 136 valence electrons. The van der Waals surface area contributed by atoms with Crippen LogP contribution in [-0.2, 0) is 19.9 Å². The number of rotatable bonds is 2. The molecule has 0 aliphatic heterocycles. The Morgan fingerprint density at radius 1 is 1.46 bits per heavy atom. The summed E-state index contributed by atoms with van der Waals surface area (Å²) in [4.78, 5) is 32.2. The van der Waals surface area contributed by atoms with E-state index in [0.717, 1.165) is 29.7 Å². The number of nitrogens with zero attached hydrogens (tertiary/aromatic N) is 4. The minimum absolute atomic E-state index is 0.222. The van der Waals surface area contributed by atoms with E-state index in [1.165, 1.54) is 14.2 Å². The van der Waals surface area contributed by atoms with E-state index in [4.69, 9.17) is 0 Å².